The van der Waals surface area contributed by atoms with Gasteiger partial charge in [0.05, 0.1) is 6.16 Å². The molecule has 1 saturated heterocycles. The fourth-order valence-electron chi connectivity index (χ4n) is 3.21. The average Bonchev–Trinajstić information content (AvgIpc) is 2.61. The van der Waals surface area contributed by atoms with Crippen LogP contribution in [0.3, 0.4) is 0 Å². The molecule has 0 spiro atoms. The SMILES string of the molecule is O=P1(c2ccccc2)CC(c2ccccc2)(c2ccccc2)O1. The molecule has 114 valence electrons. The Morgan fingerprint density at radius 2 is 1.09 bits per heavy atom. The van der Waals surface area contributed by atoms with E-state index in [1.54, 1.807) is 0 Å². The van der Waals surface area contributed by atoms with Gasteiger partial charge < -0.3 is 4.52 Å². The topological polar surface area (TPSA) is 26.3 Å². The Hall–Kier alpha value is -2.15. The lowest BCUT2D eigenvalue weighted by atomic mass is 9.88. The normalized spacial score (nSPS) is 22.3. The van der Waals surface area contributed by atoms with E-state index in [9.17, 15) is 4.57 Å². The molecule has 0 aromatic heterocycles. The van der Waals surface area contributed by atoms with E-state index in [1.807, 2.05) is 91.0 Å². The molecular weight excluding hydrogens is 303 g/mol. The molecule has 3 aromatic rings. The van der Waals surface area contributed by atoms with E-state index in [4.69, 9.17) is 4.52 Å². The number of hydrogen-bond acceptors (Lipinski definition) is 2. The van der Waals surface area contributed by atoms with Gasteiger partial charge in [-0.25, -0.2) is 0 Å². The lowest BCUT2D eigenvalue weighted by molar-refractivity contribution is 0.0895. The molecule has 0 amide bonds. The van der Waals surface area contributed by atoms with Gasteiger partial charge in [0.2, 0.25) is 7.37 Å². The summed E-state index contributed by atoms with van der Waals surface area (Å²) in [6.45, 7) is 0. The lowest BCUT2D eigenvalue weighted by Crippen LogP contribution is -2.45. The van der Waals surface area contributed by atoms with Gasteiger partial charge >= 0.3 is 0 Å². The van der Waals surface area contributed by atoms with Crippen LogP contribution in [0.4, 0.5) is 0 Å². The first-order valence-corrected chi connectivity index (χ1v) is 9.50. The monoisotopic (exact) mass is 320 g/mol. The summed E-state index contributed by atoms with van der Waals surface area (Å²) < 4.78 is 19.4. The molecular formula is C20H17O2P. The second-order valence-corrected chi connectivity index (χ2v) is 8.18. The number of hydrogen-bond donors (Lipinski definition) is 0. The minimum absolute atomic E-state index is 0.498. The Labute approximate surface area is 136 Å². The van der Waals surface area contributed by atoms with Crippen molar-refractivity contribution in [2.24, 2.45) is 0 Å². The summed E-state index contributed by atoms with van der Waals surface area (Å²) in [5.74, 6) is 0. The predicted octanol–water partition coefficient (Wildman–Crippen LogP) is 4.56. The van der Waals surface area contributed by atoms with Gasteiger partial charge in [0.1, 0.15) is 5.60 Å². The fourth-order valence-corrected chi connectivity index (χ4v) is 5.77. The molecule has 0 saturated carbocycles. The van der Waals surface area contributed by atoms with Crippen molar-refractivity contribution in [3.63, 3.8) is 0 Å². The summed E-state index contributed by atoms with van der Waals surface area (Å²) in [6, 6.07) is 29.6. The largest absolute Gasteiger partial charge is 0.308 e. The zero-order valence-corrected chi connectivity index (χ0v) is 13.5. The van der Waals surface area contributed by atoms with Gasteiger partial charge in [-0.2, -0.15) is 0 Å². The van der Waals surface area contributed by atoms with Crippen LogP contribution in [0.1, 0.15) is 11.1 Å². The van der Waals surface area contributed by atoms with Gasteiger partial charge in [0.15, 0.2) is 0 Å². The number of benzene rings is 3. The van der Waals surface area contributed by atoms with Crippen molar-refractivity contribution >= 4 is 12.7 Å². The summed E-state index contributed by atoms with van der Waals surface area (Å²) in [5, 5.41) is 0.794. The molecule has 2 nitrogen and oxygen atoms in total. The first-order chi connectivity index (χ1) is 11.2. The van der Waals surface area contributed by atoms with E-state index in [1.165, 1.54) is 0 Å². The summed E-state index contributed by atoms with van der Waals surface area (Å²) in [4.78, 5) is 0. The first-order valence-electron chi connectivity index (χ1n) is 7.69. The molecule has 1 heterocycles. The third kappa shape index (κ3) is 2.35. The van der Waals surface area contributed by atoms with Crippen LogP contribution in [0.2, 0.25) is 0 Å². The second-order valence-electron chi connectivity index (χ2n) is 5.82. The molecule has 1 unspecified atom stereocenters. The Bertz CT molecular complexity index is 793. The molecule has 3 heteroatoms. The van der Waals surface area contributed by atoms with E-state index in [0.717, 1.165) is 16.4 Å². The quantitative estimate of drug-likeness (QED) is 0.661. The predicted molar refractivity (Wildman–Crippen MR) is 93.3 cm³/mol. The van der Waals surface area contributed by atoms with Crippen LogP contribution in [0.15, 0.2) is 91.0 Å². The van der Waals surface area contributed by atoms with Gasteiger partial charge in [0, 0.05) is 5.30 Å². The van der Waals surface area contributed by atoms with Crippen molar-refractivity contribution < 1.29 is 9.09 Å². The van der Waals surface area contributed by atoms with Gasteiger partial charge in [-0.15, -0.1) is 0 Å². The van der Waals surface area contributed by atoms with Crippen LogP contribution in [-0.2, 0) is 14.7 Å². The Kier molecular flexibility index (Phi) is 3.45. The summed E-state index contributed by atoms with van der Waals surface area (Å²) >= 11 is 0. The van der Waals surface area contributed by atoms with Crippen LogP contribution in [0.5, 0.6) is 0 Å². The highest BCUT2D eigenvalue weighted by Gasteiger charge is 2.56. The molecule has 1 atom stereocenters. The minimum Gasteiger partial charge on any atom is -0.308 e. The van der Waals surface area contributed by atoms with Gasteiger partial charge in [0.25, 0.3) is 0 Å². The summed E-state index contributed by atoms with van der Waals surface area (Å²) in [7, 11) is -2.80. The highest BCUT2D eigenvalue weighted by atomic mass is 31.2. The Morgan fingerprint density at radius 1 is 0.696 bits per heavy atom. The maximum Gasteiger partial charge on any atom is 0.236 e. The van der Waals surface area contributed by atoms with Crippen molar-refractivity contribution in [2.45, 2.75) is 5.60 Å². The molecule has 4 rings (SSSR count). The lowest BCUT2D eigenvalue weighted by Gasteiger charge is -2.48. The zero-order chi connectivity index (χ0) is 15.8. The molecule has 0 radical (unpaired) electrons. The maximum absolute atomic E-state index is 13.2. The molecule has 1 aliphatic heterocycles. The highest BCUT2D eigenvalue weighted by molar-refractivity contribution is 7.68. The minimum atomic E-state index is -2.80. The fraction of sp³-hybridized carbons (Fsp3) is 0.100. The third-order valence-electron chi connectivity index (χ3n) is 4.36. The van der Waals surface area contributed by atoms with Gasteiger partial charge in [-0.05, 0) is 23.3 Å². The summed E-state index contributed by atoms with van der Waals surface area (Å²) in [5.41, 5.74) is 1.48. The van der Waals surface area contributed by atoms with E-state index in [2.05, 4.69) is 0 Å². The van der Waals surface area contributed by atoms with Crippen molar-refractivity contribution in [1.82, 2.24) is 0 Å². The van der Waals surface area contributed by atoms with Crippen LogP contribution >= 0.6 is 7.37 Å². The first kappa shape index (κ1) is 14.4. The summed E-state index contributed by atoms with van der Waals surface area (Å²) in [6.07, 6.45) is 0.498. The van der Waals surface area contributed by atoms with Crippen molar-refractivity contribution in [3.8, 4) is 0 Å². The van der Waals surface area contributed by atoms with E-state index in [0.29, 0.717) is 6.16 Å². The Balaban J connectivity index is 1.78. The highest BCUT2D eigenvalue weighted by Crippen LogP contribution is 2.67. The van der Waals surface area contributed by atoms with E-state index >= 15 is 0 Å². The molecule has 0 bridgehead atoms. The zero-order valence-electron chi connectivity index (χ0n) is 12.6. The van der Waals surface area contributed by atoms with Crippen molar-refractivity contribution in [1.29, 1.82) is 0 Å². The van der Waals surface area contributed by atoms with Crippen molar-refractivity contribution in [3.05, 3.63) is 102 Å². The van der Waals surface area contributed by atoms with Crippen LogP contribution < -0.4 is 5.30 Å². The van der Waals surface area contributed by atoms with E-state index in [-0.39, 0.29) is 0 Å². The number of rotatable bonds is 3. The standard InChI is InChI=1S/C20H17O2P/c21-23(19-14-8-3-9-15-19)16-20(22-23,17-10-4-1-5-11-17)18-12-6-2-7-13-18/h1-15H,16H2. The average molecular weight is 320 g/mol. The smallest absolute Gasteiger partial charge is 0.236 e. The van der Waals surface area contributed by atoms with Gasteiger partial charge in [-0.3, -0.25) is 4.57 Å². The van der Waals surface area contributed by atoms with Crippen molar-refractivity contribution in [2.75, 3.05) is 6.16 Å². The van der Waals surface area contributed by atoms with E-state index < -0.39 is 13.0 Å². The van der Waals surface area contributed by atoms with Crippen LogP contribution in [0, 0.1) is 0 Å². The molecule has 0 aliphatic carbocycles. The Morgan fingerprint density at radius 3 is 1.52 bits per heavy atom. The molecule has 23 heavy (non-hydrogen) atoms. The molecule has 1 aliphatic rings. The van der Waals surface area contributed by atoms with Crippen LogP contribution in [-0.4, -0.2) is 6.16 Å². The second kappa shape index (κ2) is 5.49. The van der Waals surface area contributed by atoms with Gasteiger partial charge in [-0.1, -0.05) is 78.9 Å². The third-order valence-corrected chi connectivity index (χ3v) is 6.92. The molecule has 1 fully saturated rings. The maximum atomic E-state index is 13.2. The molecule has 3 aromatic carbocycles. The molecule has 0 N–H and O–H groups in total. The van der Waals surface area contributed by atoms with Crippen LogP contribution in [0.25, 0.3) is 0 Å².